The Balaban J connectivity index is 3.26. The van der Waals surface area contributed by atoms with Crippen molar-refractivity contribution in [2.45, 2.75) is 122 Å². The third-order valence-electron chi connectivity index (χ3n) is 5.11. The van der Waals surface area contributed by atoms with Gasteiger partial charge in [0, 0.05) is 0 Å². The first-order valence-electron chi connectivity index (χ1n) is 11.9. The van der Waals surface area contributed by atoms with Crippen LogP contribution in [0.2, 0.25) is 0 Å². The molecule has 0 saturated heterocycles. The molecule has 0 aromatic heterocycles. The van der Waals surface area contributed by atoms with Gasteiger partial charge in [0.15, 0.2) is 0 Å². The third-order valence-corrected chi connectivity index (χ3v) is 6.12. The topological polar surface area (TPSA) is 81.8 Å². The maximum Gasteiger partial charge on any atom is 0.472 e. The summed E-state index contributed by atoms with van der Waals surface area (Å²) >= 11 is 0. The molecule has 0 rings (SSSR count). The van der Waals surface area contributed by atoms with E-state index in [-0.39, 0.29) is 6.61 Å². The fourth-order valence-electron chi connectivity index (χ4n) is 3.29. The Bertz CT molecular complexity index is 355. The predicted octanol–water partition coefficient (Wildman–Crippen LogP) is 7.12. The van der Waals surface area contributed by atoms with Crippen LogP contribution < -0.4 is 5.73 Å². The molecule has 0 aliphatic rings. The predicted molar refractivity (Wildman–Crippen MR) is 120 cm³/mol. The molecule has 0 amide bonds. The van der Waals surface area contributed by atoms with E-state index in [1.807, 2.05) is 0 Å². The SMILES string of the molecule is CCCCCCCCCCCCCCCCOP(=O)(O)OCCCCCCN. The van der Waals surface area contributed by atoms with Gasteiger partial charge in [0.05, 0.1) is 13.2 Å². The fourth-order valence-corrected chi connectivity index (χ4v) is 4.09. The van der Waals surface area contributed by atoms with Crippen LogP contribution in [0.5, 0.6) is 0 Å². The molecule has 5 nitrogen and oxygen atoms in total. The standard InChI is InChI=1S/C22H48NO4P/c1-2-3-4-5-6-7-8-9-10-11-12-13-15-18-21-26-28(24,25)27-22-19-16-14-17-20-23/h2-23H2,1H3,(H,24,25). The Hall–Kier alpha value is 0.0700. The van der Waals surface area contributed by atoms with E-state index in [9.17, 15) is 9.46 Å². The van der Waals surface area contributed by atoms with Crippen LogP contribution in [0.15, 0.2) is 0 Å². The lowest BCUT2D eigenvalue weighted by Crippen LogP contribution is -2.00. The monoisotopic (exact) mass is 421 g/mol. The molecule has 3 N–H and O–H groups in total. The summed E-state index contributed by atoms with van der Waals surface area (Å²) in [6.07, 6.45) is 21.8. The van der Waals surface area contributed by atoms with Crippen LogP contribution in [0.1, 0.15) is 122 Å². The molecule has 0 aliphatic carbocycles. The van der Waals surface area contributed by atoms with Crippen molar-refractivity contribution in [1.82, 2.24) is 0 Å². The number of phosphoric acid groups is 1. The summed E-state index contributed by atoms with van der Waals surface area (Å²) in [5, 5.41) is 0. The first-order chi connectivity index (χ1) is 13.6. The van der Waals surface area contributed by atoms with Crippen molar-refractivity contribution in [3.8, 4) is 0 Å². The van der Waals surface area contributed by atoms with E-state index in [0.717, 1.165) is 38.5 Å². The molecule has 170 valence electrons. The van der Waals surface area contributed by atoms with Crippen LogP contribution in [-0.2, 0) is 13.6 Å². The van der Waals surface area contributed by atoms with Crippen LogP contribution in [0.3, 0.4) is 0 Å². The summed E-state index contributed by atoms with van der Waals surface area (Å²) in [6, 6.07) is 0. The van der Waals surface area contributed by atoms with E-state index in [1.54, 1.807) is 0 Å². The molecule has 0 saturated carbocycles. The van der Waals surface area contributed by atoms with Gasteiger partial charge in [0.25, 0.3) is 0 Å². The minimum Gasteiger partial charge on any atom is -0.330 e. The molecule has 0 bridgehead atoms. The van der Waals surface area contributed by atoms with Crippen molar-refractivity contribution in [2.75, 3.05) is 19.8 Å². The second-order valence-electron chi connectivity index (χ2n) is 7.93. The summed E-state index contributed by atoms with van der Waals surface area (Å²) in [6.45, 7) is 3.54. The number of nitrogens with two attached hydrogens (primary N) is 1. The van der Waals surface area contributed by atoms with Crippen LogP contribution in [0.25, 0.3) is 0 Å². The maximum atomic E-state index is 11.7. The number of rotatable bonds is 23. The summed E-state index contributed by atoms with van der Waals surface area (Å²) in [7, 11) is -3.86. The Morgan fingerprint density at radius 1 is 0.607 bits per heavy atom. The molecule has 0 radical (unpaired) electrons. The van der Waals surface area contributed by atoms with Crippen molar-refractivity contribution >= 4 is 7.82 Å². The van der Waals surface area contributed by atoms with Gasteiger partial charge >= 0.3 is 7.82 Å². The van der Waals surface area contributed by atoms with Crippen LogP contribution in [-0.4, -0.2) is 24.7 Å². The molecule has 0 spiro atoms. The van der Waals surface area contributed by atoms with Gasteiger partial charge in [-0.25, -0.2) is 4.57 Å². The molecule has 1 unspecified atom stereocenters. The van der Waals surface area contributed by atoms with Gasteiger partial charge in [0.2, 0.25) is 0 Å². The van der Waals surface area contributed by atoms with E-state index in [0.29, 0.717) is 13.2 Å². The minimum atomic E-state index is -3.86. The Labute approximate surface area is 174 Å². The summed E-state index contributed by atoms with van der Waals surface area (Å²) in [5.74, 6) is 0. The highest BCUT2D eigenvalue weighted by atomic mass is 31.2. The average Bonchev–Trinajstić information content (AvgIpc) is 2.67. The number of phosphoric ester groups is 1. The summed E-state index contributed by atoms with van der Waals surface area (Å²) < 4.78 is 21.7. The molecule has 0 aliphatic heterocycles. The zero-order valence-electron chi connectivity index (χ0n) is 18.5. The molecule has 6 heteroatoms. The van der Waals surface area contributed by atoms with Crippen LogP contribution >= 0.6 is 7.82 Å². The highest BCUT2D eigenvalue weighted by Gasteiger charge is 2.19. The second kappa shape index (κ2) is 21.8. The molecule has 0 aromatic rings. The molecular formula is C22H48NO4P. The normalized spacial score (nSPS) is 13.7. The van der Waals surface area contributed by atoms with E-state index in [1.165, 1.54) is 77.0 Å². The Morgan fingerprint density at radius 3 is 1.29 bits per heavy atom. The van der Waals surface area contributed by atoms with Crippen molar-refractivity contribution in [3.05, 3.63) is 0 Å². The largest absolute Gasteiger partial charge is 0.472 e. The molecule has 0 aromatic carbocycles. The van der Waals surface area contributed by atoms with Gasteiger partial charge in [-0.1, -0.05) is 103 Å². The smallest absolute Gasteiger partial charge is 0.330 e. The highest BCUT2D eigenvalue weighted by Crippen LogP contribution is 2.43. The number of unbranched alkanes of at least 4 members (excludes halogenated alkanes) is 16. The van der Waals surface area contributed by atoms with E-state index in [2.05, 4.69) is 6.92 Å². The lowest BCUT2D eigenvalue weighted by molar-refractivity contribution is 0.145. The Morgan fingerprint density at radius 2 is 0.929 bits per heavy atom. The number of hydrogen-bond donors (Lipinski definition) is 2. The molecule has 0 fully saturated rings. The van der Waals surface area contributed by atoms with E-state index in [4.69, 9.17) is 14.8 Å². The zero-order chi connectivity index (χ0) is 20.8. The van der Waals surface area contributed by atoms with Gasteiger partial charge in [-0.15, -0.1) is 0 Å². The maximum absolute atomic E-state index is 11.7. The summed E-state index contributed by atoms with van der Waals surface area (Å²) in [5.41, 5.74) is 5.42. The van der Waals surface area contributed by atoms with Crippen LogP contribution in [0.4, 0.5) is 0 Å². The third kappa shape index (κ3) is 22.4. The zero-order valence-corrected chi connectivity index (χ0v) is 19.4. The van der Waals surface area contributed by atoms with Crippen LogP contribution in [0, 0.1) is 0 Å². The Kier molecular flexibility index (Phi) is 21.8. The quantitative estimate of drug-likeness (QED) is 0.136. The van der Waals surface area contributed by atoms with Crippen molar-refractivity contribution < 1.29 is 18.5 Å². The first-order valence-corrected chi connectivity index (χ1v) is 13.4. The van der Waals surface area contributed by atoms with Crippen molar-refractivity contribution in [3.63, 3.8) is 0 Å². The summed E-state index contributed by atoms with van der Waals surface area (Å²) in [4.78, 5) is 9.61. The number of hydrogen-bond acceptors (Lipinski definition) is 4. The van der Waals surface area contributed by atoms with Gasteiger partial charge in [-0.2, -0.15) is 0 Å². The molecular weight excluding hydrogens is 373 g/mol. The van der Waals surface area contributed by atoms with E-state index < -0.39 is 7.82 Å². The average molecular weight is 422 g/mol. The fraction of sp³-hybridized carbons (Fsp3) is 1.00. The van der Waals surface area contributed by atoms with Gasteiger partial charge < -0.3 is 10.6 Å². The first kappa shape index (κ1) is 28.1. The van der Waals surface area contributed by atoms with Gasteiger partial charge in [0.1, 0.15) is 0 Å². The van der Waals surface area contributed by atoms with Crippen molar-refractivity contribution in [1.29, 1.82) is 0 Å². The van der Waals surface area contributed by atoms with Crippen molar-refractivity contribution in [2.24, 2.45) is 5.73 Å². The molecule has 0 heterocycles. The highest BCUT2D eigenvalue weighted by molar-refractivity contribution is 7.47. The second-order valence-corrected chi connectivity index (χ2v) is 9.39. The van der Waals surface area contributed by atoms with E-state index >= 15 is 0 Å². The molecule has 28 heavy (non-hydrogen) atoms. The lowest BCUT2D eigenvalue weighted by Gasteiger charge is -2.12. The van der Waals surface area contributed by atoms with Gasteiger partial charge in [-0.3, -0.25) is 9.05 Å². The molecule has 1 atom stereocenters. The minimum absolute atomic E-state index is 0.275. The lowest BCUT2D eigenvalue weighted by atomic mass is 10.0. The van der Waals surface area contributed by atoms with Gasteiger partial charge in [-0.05, 0) is 25.8 Å².